The van der Waals surface area contributed by atoms with Crippen LogP contribution in [0.5, 0.6) is 11.5 Å². The Morgan fingerprint density at radius 3 is 2.60 bits per heavy atom. The fourth-order valence-electron chi connectivity index (χ4n) is 1.90. The lowest BCUT2D eigenvalue weighted by atomic mass is 10.1. The Balaban J connectivity index is 2.05. The van der Waals surface area contributed by atoms with E-state index in [1.165, 1.54) is 0 Å². The SMILES string of the molecule is COc1cccc(COc2ccc([C@H](C)N)c(Br)c2)c1. The van der Waals surface area contributed by atoms with Crippen molar-refractivity contribution in [3.63, 3.8) is 0 Å². The molecule has 0 aliphatic carbocycles. The molecule has 0 aliphatic rings. The molecule has 0 saturated carbocycles. The number of hydrogen-bond acceptors (Lipinski definition) is 3. The van der Waals surface area contributed by atoms with E-state index in [4.69, 9.17) is 15.2 Å². The van der Waals surface area contributed by atoms with Gasteiger partial charge in [-0.05, 0) is 42.3 Å². The minimum absolute atomic E-state index is 0.00295. The van der Waals surface area contributed by atoms with E-state index in [1.54, 1.807) is 7.11 Å². The molecule has 4 heteroatoms. The minimum atomic E-state index is -0.00295. The summed E-state index contributed by atoms with van der Waals surface area (Å²) < 4.78 is 11.9. The maximum atomic E-state index is 5.88. The molecular weight excluding hydrogens is 318 g/mol. The highest BCUT2D eigenvalue weighted by Crippen LogP contribution is 2.27. The number of halogens is 1. The fourth-order valence-corrected chi connectivity index (χ4v) is 2.61. The van der Waals surface area contributed by atoms with E-state index >= 15 is 0 Å². The average Bonchev–Trinajstić information content (AvgIpc) is 2.45. The Kier molecular flexibility index (Phi) is 5.04. The Labute approximate surface area is 127 Å². The molecule has 20 heavy (non-hydrogen) atoms. The summed E-state index contributed by atoms with van der Waals surface area (Å²) in [6, 6.07) is 13.7. The molecule has 2 rings (SSSR count). The highest BCUT2D eigenvalue weighted by molar-refractivity contribution is 9.10. The van der Waals surface area contributed by atoms with Gasteiger partial charge in [0.25, 0.3) is 0 Å². The van der Waals surface area contributed by atoms with Gasteiger partial charge in [-0.1, -0.05) is 34.1 Å². The third-order valence-corrected chi connectivity index (χ3v) is 3.69. The molecule has 0 unspecified atom stereocenters. The summed E-state index contributed by atoms with van der Waals surface area (Å²) >= 11 is 3.52. The summed E-state index contributed by atoms with van der Waals surface area (Å²) in [6.45, 7) is 2.46. The van der Waals surface area contributed by atoms with Crippen LogP contribution in [-0.2, 0) is 6.61 Å². The first-order valence-corrected chi connectivity index (χ1v) is 7.20. The average molecular weight is 336 g/mol. The van der Waals surface area contributed by atoms with Crippen molar-refractivity contribution in [2.45, 2.75) is 19.6 Å². The van der Waals surface area contributed by atoms with E-state index in [0.29, 0.717) is 6.61 Å². The van der Waals surface area contributed by atoms with Crippen molar-refractivity contribution < 1.29 is 9.47 Å². The summed E-state index contributed by atoms with van der Waals surface area (Å²) in [5.74, 6) is 1.64. The third-order valence-electron chi connectivity index (χ3n) is 3.00. The molecule has 0 aromatic heterocycles. The highest BCUT2D eigenvalue weighted by atomic mass is 79.9. The van der Waals surface area contributed by atoms with E-state index in [1.807, 2.05) is 49.4 Å². The molecule has 0 fully saturated rings. The van der Waals surface area contributed by atoms with E-state index in [9.17, 15) is 0 Å². The van der Waals surface area contributed by atoms with E-state index in [2.05, 4.69) is 15.9 Å². The van der Waals surface area contributed by atoms with Gasteiger partial charge in [0, 0.05) is 10.5 Å². The Bertz CT molecular complexity index is 584. The zero-order chi connectivity index (χ0) is 14.5. The van der Waals surface area contributed by atoms with Gasteiger partial charge < -0.3 is 15.2 Å². The number of nitrogens with two attached hydrogens (primary N) is 1. The van der Waals surface area contributed by atoms with Crippen LogP contribution in [0.2, 0.25) is 0 Å². The molecule has 3 nitrogen and oxygen atoms in total. The van der Waals surface area contributed by atoms with Gasteiger partial charge in [-0.15, -0.1) is 0 Å². The lowest BCUT2D eigenvalue weighted by Gasteiger charge is -2.12. The van der Waals surface area contributed by atoms with Crippen LogP contribution in [-0.4, -0.2) is 7.11 Å². The first-order chi connectivity index (χ1) is 9.60. The second-order valence-electron chi connectivity index (χ2n) is 4.61. The van der Waals surface area contributed by atoms with E-state index < -0.39 is 0 Å². The van der Waals surface area contributed by atoms with E-state index in [0.717, 1.165) is 27.1 Å². The topological polar surface area (TPSA) is 44.5 Å². The number of ether oxygens (including phenoxy) is 2. The summed E-state index contributed by atoms with van der Waals surface area (Å²) in [5, 5.41) is 0. The van der Waals surface area contributed by atoms with Crippen LogP contribution >= 0.6 is 15.9 Å². The molecule has 106 valence electrons. The van der Waals surface area contributed by atoms with Gasteiger partial charge in [-0.25, -0.2) is 0 Å². The fraction of sp³-hybridized carbons (Fsp3) is 0.250. The molecule has 0 heterocycles. The third kappa shape index (κ3) is 3.74. The van der Waals surface area contributed by atoms with Crippen molar-refractivity contribution >= 4 is 15.9 Å². The number of benzene rings is 2. The van der Waals surface area contributed by atoms with Crippen LogP contribution < -0.4 is 15.2 Å². The van der Waals surface area contributed by atoms with E-state index in [-0.39, 0.29) is 6.04 Å². The van der Waals surface area contributed by atoms with Crippen LogP contribution in [0.15, 0.2) is 46.9 Å². The largest absolute Gasteiger partial charge is 0.497 e. The lowest BCUT2D eigenvalue weighted by Crippen LogP contribution is -2.05. The van der Waals surface area contributed by atoms with Crippen molar-refractivity contribution in [2.75, 3.05) is 7.11 Å². The first-order valence-electron chi connectivity index (χ1n) is 6.41. The van der Waals surface area contributed by atoms with Crippen molar-refractivity contribution in [1.29, 1.82) is 0 Å². The second kappa shape index (κ2) is 6.77. The predicted molar refractivity (Wildman–Crippen MR) is 84.1 cm³/mol. The van der Waals surface area contributed by atoms with Gasteiger partial charge in [0.05, 0.1) is 7.11 Å². The maximum Gasteiger partial charge on any atom is 0.120 e. The lowest BCUT2D eigenvalue weighted by molar-refractivity contribution is 0.305. The van der Waals surface area contributed by atoms with Crippen LogP contribution in [0, 0.1) is 0 Å². The van der Waals surface area contributed by atoms with Crippen molar-refractivity contribution in [3.05, 3.63) is 58.1 Å². The quantitative estimate of drug-likeness (QED) is 0.896. The van der Waals surface area contributed by atoms with Gasteiger partial charge in [0.1, 0.15) is 18.1 Å². The summed E-state index contributed by atoms with van der Waals surface area (Å²) in [7, 11) is 1.66. The Morgan fingerprint density at radius 1 is 1.15 bits per heavy atom. The monoisotopic (exact) mass is 335 g/mol. The van der Waals surface area contributed by atoms with Crippen LogP contribution in [0.3, 0.4) is 0 Å². The van der Waals surface area contributed by atoms with Gasteiger partial charge in [0.15, 0.2) is 0 Å². The number of methoxy groups -OCH3 is 1. The molecule has 0 bridgehead atoms. The maximum absolute atomic E-state index is 5.88. The molecule has 2 aromatic carbocycles. The Hall–Kier alpha value is -1.52. The smallest absolute Gasteiger partial charge is 0.120 e. The molecule has 0 aliphatic heterocycles. The van der Waals surface area contributed by atoms with Gasteiger partial charge >= 0.3 is 0 Å². The predicted octanol–water partition coefficient (Wildman–Crippen LogP) is 4.06. The van der Waals surface area contributed by atoms with Crippen LogP contribution in [0.4, 0.5) is 0 Å². The molecule has 2 N–H and O–H groups in total. The zero-order valence-corrected chi connectivity index (χ0v) is 13.2. The molecule has 0 amide bonds. The zero-order valence-electron chi connectivity index (χ0n) is 11.6. The number of hydrogen-bond donors (Lipinski definition) is 1. The molecule has 0 saturated heterocycles. The van der Waals surface area contributed by atoms with Gasteiger partial charge in [0.2, 0.25) is 0 Å². The summed E-state index contributed by atoms with van der Waals surface area (Å²) in [5.41, 5.74) is 8.01. The normalized spacial score (nSPS) is 12.0. The minimum Gasteiger partial charge on any atom is -0.497 e. The molecule has 0 radical (unpaired) electrons. The Morgan fingerprint density at radius 2 is 1.95 bits per heavy atom. The van der Waals surface area contributed by atoms with Crippen LogP contribution in [0.1, 0.15) is 24.1 Å². The standard InChI is InChI=1S/C16H18BrNO2/c1-11(18)15-7-6-14(9-16(15)17)20-10-12-4-3-5-13(8-12)19-2/h3-9,11H,10,18H2,1-2H3/t11-/m0/s1. The van der Waals surface area contributed by atoms with Gasteiger partial charge in [-0.3, -0.25) is 0 Å². The summed E-state index contributed by atoms with van der Waals surface area (Å²) in [4.78, 5) is 0. The molecular formula is C16H18BrNO2. The molecule has 2 aromatic rings. The highest BCUT2D eigenvalue weighted by Gasteiger charge is 2.06. The van der Waals surface area contributed by atoms with Gasteiger partial charge in [-0.2, -0.15) is 0 Å². The van der Waals surface area contributed by atoms with Crippen molar-refractivity contribution in [3.8, 4) is 11.5 Å². The van der Waals surface area contributed by atoms with Crippen molar-refractivity contribution in [1.82, 2.24) is 0 Å². The molecule has 1 atom stereocenters. The van der Waals surface area contributed by atoms with Crippen molar-refractivity contribution in [2.24, 2.45) is 5.73 Å². The number of rotatable bonds is 5. The van der Waals surface area contributed by atoms with Crippen LogP contribution in [0.25, 0.3) is 0 Å². The first kappa shape index (κ1) is 14.9. The molecule has 0 spiro atoms. The second-order valence-corrected chi connectivity index (χ2v) is 5.47. The summed E-state index contributed by atoms with van der Waals surface area (Å²) in [6.07, 6.45) is 0.